The minimum absolute atomic E-state index is 0. The molecule has 40 heteroatoms. The van der Waals surface area contributed by atoms with Crippen molar-refractivity contribution in [2.45, 2.75) is 135 Å². The second-order valence-electron chi connectivity index (χ2n) is 28.4. The predicted molar refractivity (Wildman–Crippen MR) is 503 cm³/mol. The zero-order valence-electron chi connectivity index (χ0n) is 70.7. The number of carboxylic acids is 2. The van der Waals surface area contributed by atoms with Gasteiger partial charge in [0.1, 0.15) is 64.8 Å². The molecule has 4 saturated carbocycles. The molecule has 4 fully saturated rings. The van der Waals surface area contributed by atoms with Crippen LogP contribution in [0.2, 0.25) is 25.2 Å². The molecule has 0 bridgehead atoms. The monoisotopic (exact) mass is 2010 g/mol. The minimum atomic E-state index is -1.26. The SMILES string of the molecule is CCOC(=O)Cn1c2nc(Cl)ccc2c(=O)c2ccc(Cl)c(SC)c21.CCOC(=O)Cn1c2nc(NC3CC3)ccc2c(=O)c2ccc(Cl)c(SC)c21.COCCI.COCCN(c1ccc2c(=O)c3ccc(Cl)c(SC)c3n(CC(=O)O)c2n1)C1CC1.COCCN(c1ccc2c(=O)c3ccc(Cl)c(SC)c3n(CC(=O)[O-])c2n1)C1CC1.NC1CC1.[Na+].[Na+].[OH-]. The Morgan fingerprint density at radius 1 is 0.480 bits per heavy atom. The molecule has 16 rings (SSSR count). The van der Waals surface area contributed by atoms with Crippen molar-refractivity contribution < 1.29 is 118 Å². The zero-order valence-corrected chi connectivity index (χ0v) is 84.0. The molecule has 8 aromatic heterocycles. The average molecular weight is 2020 g/mol. The molecule has 0 atom stereocenters. The molecule has 28 nitrogen and oxygen atoms in total. The number of methoxy groups -OCH3 is 3. The molecule has 0 unspecified atom stereocenters. The van der Waals surface area contributed by atoms with E-state index >= 15 is 0 Å². The number of rotatable bonds is 28. The number of aromatic nitrogens is 8. The van der Waals surface area contributed by atoms with E-state index in [4.69, 9.17) is 92.7 Å². The molecule has 12 aromatic rings. The largest absolute Gasteiger partial charge is 1.00 e. The van der Waals surface area contributed by atoms with Crippen LogP contribution in [0, 0.1) is 0 Å². The molecule has 0 aliphatic heterocycles. The van der Waals surface area contributed by atoms with Gasteiger partial charge in [-0.15, -0.1) is 47.0 Å². The van der Waals surface area contributed by atoms with Crippen LogP contribution in [0.5, 0.6) is 0 Å². The Bertz CT molecular complexity index is 6030. The van der Waals surface area contributed by atoms with Gasteiger partial charge in [0.05, 0.1) is 129 Å². The van der Waals surface area contributed by atoms with Crippen molar-refractivity contribution in [3.8, 4) is 0 Å². The van der Waals surface area contributed by atoms with Crippen LogP contribution in [-0.4, -0.2) is 194 Å². The Morgan fingerprint density at radius 3 is 1.10 bits per heavy atom. The van der Waals surface area contributed by atoms with Gasteiger partial charge >= 0.3 is 77.0 Å². The van der Waals surface area contributed by atoms with Crippen LogP contribution in [0.25, 0.3) is 87.7 Å². The maximum Gasteiger partial charge on any atom is 1.00 e. The van der Waals surface area contributed by atoms with Gasteiger partial charge in [0.25, 0.3) is 0 Å². The van der Waals surface area contributed by atoms with E-state index in [1.54, 1.807) is 128 Å². The van der Waals surface area contributed by atoms with Crippen LogP contribution >= 0.6 is 128 Å². The van der Waals surface area contributed by atoms with Crippen molar-refractivity contribution in [3.05, 3.63) is 163 Å². The van der Waals surface area contributed by atoms with Crippen molar-refractivity contribution in [1.82, 2.24) is 38.2 Å². The summed E-state index contributed by atoms with van der Waals surface area (Å²) in [7, 11) is 5.01. The minimum Gasteiger partial charge on any atom is -0.870 e. The quantitative estimate of drug-likeness (QED) is 0.00782. The number of anilines is 3. The number of esters is 2. The number of benzene rings is 4. The third-order valence-electron chi connectivity index (χ3n) is 19.9. The van der Waals surface area contributed by atoms with E-state index in [0.717, 1.165) is 54.5 Å². The topological polar surface area (TPSA) is 372 Å². The van der Waals surface area contributed by atoms with Crippen molar-refractivity contribution in [1.29, 1.82) is 0 Å². The summed E-state index contributed by atoms with van der Waals surface area (Å²) >= 11 is 39.3. The van der Waals surface area contributed by atoms with E-state index < -0.39 is 24.5 Å². The number of nitrogens with one attached hydrogen (secondary N) is 1. The molecule has 125 heavy (non-hydrogen) atoms. The number of thioether (sulfide) groups is 4. The van der Waals surface area contributed by atoms with E-state index in [1.165, 1.54) is 64.5 Å². The number of hydrogen-bond donors (Lipinski definition) is 3. The molecule has 656 valence electrons. The van der Waals surface area contributed by atoms with Gasteiger partial charge < -0.3 is 83.3 Å². The molecule has 0 saturated heterocycles. The number of carbonyl (C=O) groups is 4. The normalized spacial score (nSPS) is 13.2. The van der Waals surface area contributed by atoms with Crippen LogP contribution in [-0.2, 0) is 69.0 Å². The molecule has 0 spiro atoms. The Kier molecular flexibility index (Phi) is 40.7. The van der Waals surface area contributed by atoms with Crippen molar-refractivity contribution in [3.63, 3.8) is 0 Å². The van der Waals surface area contributed by atoms with Gasteiger partial charge in [-0.25, -0.2) is 19.9 Å². The third-order valence-corrected chi connectivity index (χ3v) is 25.5. The van der Waals surface area contributed by atoms with E-state index in [9.17, 15) is 48.6 Å². The molecular weight excluding hydrogens is 1920 g/mol. The molecule has 5 N–H and O–H groups in total. The summed E-state index contributed by atoms with van der Waals surface area (Å²) in [5.41, 5.74) is 8.14. The fourth-order valence-corrected chi connectivity index (χ4v) is 18.6. The fourth-order valence-electron chi connectivity index (χ4n) is 13.7. The van der Waals surface area contributed by atoms with E-state index in [1.807, 2.05) is 43.2 Å². The standard InChI is InChI=1S/2C21H22ClN3O4S.C20H20ClN3O3S.C17H14Cl2N2O3S.C3H7IO.C3H7N.2Na.H2O/c2*1-29-10-9-24(12-3-4-12)16-8-6-14-19(28)13-5-7-15(22)20(30-2)18(13)25(11-17(26)27)21(14)23-16;1-3-27-16(25)10-24-17-12(6-8-14(21)19(17)28-2)18(26)13-7-9-15(23-20(13)24)22-11-4-5-11;1-3-24-13(22)8-21-14-9(4-6-11(18)16(14)25-2)15(23)10-5-7-12(19)20-17(10)21;1-5-3-2-4;4-3-1-2-3;;;/h2*5-8,12H,3-4,9-11H2,1-2H3,(H,26,27);6-9,11H,3-5,10H2,1-2H3,(H,22,23);4-7H,3,8H2,1-2H3;2-3H2,1H3;3H,1-2,4H2;;;1H2/q;;;;;;2*+1;/p-2. The van der Waals surface area contributed by atoms with Crippen molar-refractivity contribution in [2.75, 3.05) is 112 Å². The molecule has 0 radical (unpaired) electrons. The van der Waals surface area contributed by atoms with Crippen molar-refractivity contribution >= 4 is 257 Å². The molecule has 4 aromatic carbocycles. The molecule has 0 amide bonds. The first-order chi connectivity index (χ1) is 58.7. The fraction of sp³-hybridized carbons (Fsp3) is 0.388. The smallest absolute Gasteiger partial charge is 0.870 e. The number of alkyl halides is 1. The van der Waals surface area contributed by atoms with E-state index in [0.29, 0.717) is 190 Å². The summed E-state index contributed by atoms with van der Waals surface area (Å²) in [6, 6.07) is 29.0. The van der Waals surface area contributed by atoms with E-state index in [-0.39, 0.29) is 130 Å². The number of carboxylic acid groups (broad SMARTS) is 2. The number of aliphatic carboxylic acids is 2. The van der Waals surface area contributed by atoms with Crippen LogP contribution in [0.15, 0.2) is 136 Å². The number of fused-ring (bicyclic) bond motifs is 8. The van der Waals surface area contributed by atoms with Crippen LogP contribution in [0.4, 0.5) is 17.5 Å². The number of carbonyl (C=O) groups excluding carboxylic acids is 3. The zero-order chi connectivity index (χ0) is 87.9. The number of nitrogens with zero attached hydrogens (tertiary/aromatic N) is 10. The van der Waals surface area contributed by atoms with Gasteiger partial charge in [0.15, 0.2) is 21.7 Å². The number of hydrogen-bond acceptors (Lipinski definition) is 27. The number of halogens is 6. The second kappa shape index (κ2) is 48.8. The maximum absolute atomic E-state index is 13.2. The van der Waals surface area contributed by atoms with Gasteiger partial charge in [-0.2, -0.15) is 0 Å². The second-order valence-corrected chi connectivity index (χ2v) is 34.7. The van der Waals surface area contributed by atoms with Crippen LogP contribution in [0.3, 0.4) is 0 Å². The summed E-state index contributed by atoms with van der Waals surface area (Å²) in [6.07, 6.45) is 16.5. The molecule has 4 aliphatic rings. The summed E-state index contributed by atoms with van der Waals surface area (Å²) < 4.78 is 33.0. The predicted octanol–water partition coefficient (Wildman–Crippen LogP) is 9.13. The van der Waals surface area contributed by atoms with Gasteiger partial charge in [0, 0.05) is 84.6 Å². The number of ether oxygens (including phenoxy) is 5. The van der Waals surface area contributed by atoms with Gasteiger partial charge in [-0.05, 0) is 187 Å². The number of pyridine rings is 8. The maximum atomic E-state index is 13.2. The Hall–Kier alpha value is -5.98. The Labute approximate surface area is 820 Å². The third kappa shape index (κ3) is 25.4. The summed E-state index contributed by atoms with van der Waals surface area (Å²) in [5, 5.41) is 30.2. The Balaban J connectivity index is 0.000000198. The Morgan fingerprint density at radius 2 is 0.800 bits per heavy atom. The summed E-state index contributed by atoms with van der Waals surface area (Å²) in [5.74, 6) is -0.990. The number of nitrogens with two attached hydrogens (primary N) is 1. The first-order valence-electron chi connectivity index (χ1n) is 39.0. The van der Waals surface area contributed by atoms with Gasteiger partial charge in [0.2, 0.25) is 0 Å². The summed E-state index contributed by atoms with van der Waals surface area (Å²) in [6.45, 7) is 6.48. The van der Waals surface area contributed by atoms with Gasteiger partial charge in [-0.1, -0.05) is 80.6 Å². The molecular formula is C85H92Cl5IN12Na2O16S4. The first kappa shape index (κ1) is 104. The van der Waals surface area contributed by atoms with E-state index in [2.05, 4.69) is 52.4 Å². The first-order valence-corrected chi connectivity index (χ1v) is 47.3. The van der Waals surface area contributed by atoms with Crippen LogP contribution in [0.1, 0.15) is 65.2 Å². The molecule has 4 aliphatic carbocycles. The van der Waals surface area contributed by atoms with Crippen molar-refractivity contribution in [2.24, 2.45) is 5.73 Å². The average Bonchev–Trinajstić information content (AvgIpc) is 1.29. The summed E-state index contributed by atoms with van der Waals surface area (Å²) in [4.78, 5) is 126. The molecule has 8 heterocycles. The van der Waals surface area contributed by atoms with Gasteiger partial charge in [-0.3, -0.25) is 33.6 Å². The van der Waals surface area contributed by atoms with Crippen LogP contribution < -0.4 is 107 Å².